The predicted molar refractivity (Wildman–Crippen MR) is 116 cm³/mol. The number of hydrogen-bond acceptors (Lipinski definition) is 5. The minimum absolute atomic E-state index is 0.169. The highest BCUT2D eigenvalue weighted by Gasteiger charge is 2.24. The van der Waals surface area contributed by atoms with Gasteiger partial charge in [0.25, 0.3) is 5.91 Å². The molecule has 5 nitrogen and oxygen atoms in total. The number of nitrogens with zero attached hydrogens (tertiary/aromatic N) is 2. The summed E-state index contributed by atoms with van der Waals surface area (Å²) >= 11 is 7.77. The van der Waals surface area contributed by atoms with E-state index < -0.39 is 0 Å². The normalized spacial score (nSPS) is 11.0. The maximum Gasteiger partial charge on any atom is 0.260 e. The van der Waals surface area contributed by atoms with E-state index in [0.29, 0.717) is 28.1 Å². The van der Waals surface area contributed by atoms with Gasteiger partial charge in [0.1, 0.15) is 11.5 Å². The first-order chi connectivity index (χ1) is 14.1. The second-order valence-corrected chi connectivity index (χ2v) is 7.85. The number of carbonyl (C=O) groups excluding carboxylic acids is 1. The third-order valence-corrected chi connectivity index (χ3v) is 6.01. The maximum atomic E-state index is 13.4. The number of hydrogen-bond donors (Lipinski definition) is 0. The van der Waals surface area contributed by atoms with Crippen LogP contribution in [0.3, 0.4) is 0 Å². The number of benzene rings is 2. The largest absolute Gasteiger partial charge is 0.494 e. The molecule has 7 heteroatoms. The molecule has 0 N–H and O–H groups in total. The van der Waals surface area contributed by atoms with Crippen molar-refractivity contribution in [3.05, 3.63) is 76.7 Å². The molecule has 2 heterocycles. The second kappa shape index (κ2) is 8.27. The van der Waals surface area contributed by atoms with Gasteiger partial charge in [0, 0.05) is 5.56 Å². The maximum absolute atomic E-state index is 13.4. The third-order valence-electron chi connectivity index (χ3n) is 4.47. The number of amides is 1. The van der Waals surface area contributed by atoms with E-state index in [1.807, 2.05) is 32.0 Å². The van der Waals surface area contributed by atoms with Gasteiger partial charge < -0.3 is 9.15 Å². The summed E-state index contributed by atoms with van der Waals surface area (Å²) in [5.41, 5.74) is 2.36. The fourth-order valence-electron chi connectivity index (χ4n) is 3.01. The molecule has 0 aliphatic carbocycles. The van der Waals surface area contributed by atoms with Crippen LogP contribution in [-0.2, 0) is 6.54 Å². The summed E-state index contributed by atoms with van der Waals surface area (Å²) < 4.78 is 11.8. The van der Waals surface area contributed by atoms with Crippen molar-refractivity contribution >= 4 is 44.2 Å². The fourth-order valence-corrected chi connectivity index (χ4v) is 4.32. The zero-order valence-corrected chi connectivity index (χ0v) is 17.6. The smallest absolute Gasteiger partial charge is 0.260 e. The summed E-state index contributed by atoms with van der Waals surface area (Å²) in [4.78, 5) is 19.7. The molecule has 0 saturated heterocycles. The van der Waals surface area contributed by atoms with Gasteiger partial charge in [-0.1, -0.05) is 29.0 Å². The molecule has 0 saturated carbocycles. The van der Waals surface area contributed by atoms with Crippen molar-refractivity contribution < 1.29 is 13.9 Å². The number of aromatic nitrogens is 1. The van der Waals surface area contributed by atoms with E-state index in [-0.39, 0.29) is 12.5 Å². The van der Waals surface area contributed by atoms with Crippen molar-refractivity contribution in [3.63, 3.8) is 0 Å². The lowest BCUT2D eigenvalue weighted by atomic mass is 10.2. The highest BCUT2D eigenvalue weighted by Crippen LogP contribution is 2.36. The van der Waals surface area contributed by atoms with E-state index in [1.165, 1.54) is 11.3 Å². The lowest BCUT2D eigenvalue weighted by Crippen LogP contribution is -2.30. The fraction of sp³-hybridized carbons (Fsp3) is 0.182. The van der Waals surface area contributed by atoms with E-state index in [4.69, 9.17) is 25.7 Å². The SMILES string of the molecule is CCOc1ccc(C(=O)N(Cc2ccco2)c2nc3c(C)ccc(Cl)c3s2)cc1. The van der Waals surface area contributed by atoms with E-state index in [0.717, 1.165) is 21.5 Å². The van der Waals surface area contributed by atoms with Gasteiger partial charge in [-0.15, -0.1) is 0 Å². The Morgan fingerprint density at radius 3 is 2.66 bits per heavy atom. The van der Waals surface area contributed by atoms with Gasteiger partial charge in [0.2, 0.25) is 0 Å². The molecule has 0 atom stereocenters. The molecule has 148 valence electrons. The summed E-state index contributed by atoms with van der Waals surface area (Å²) in [6, 6.07) is 14.5. The lowest BCUT2D eigenvalue weighted by molar-refractivity contribution is 0.0983. The van der Waals surface area contributed by atoms with Gasteiger partial charge in [0.05, 0.1) is 34.7 Å². The molecule has 2 aromatic carbocycles. The first kappa shape index (κ1) is 19.5. The molecule has 0 aliphatic rings. The number of furan rings is 1. The van der Waals surface area contributed by atoms with Crippen LogP contribution in [0.2, 0.25) is 5.02 Å². The Morgan fingerprint density at radius 2 is 2.00 bits per heavy atom. The summed E-state index contributed by atoms with van der Waals surface area (Å²) in [6.07, 6.45) is 1.59. The molecule has 0 spiro atoms. The predicted octanol–water partition coefficient (Wildman–Crippen LogP) is 6.10. The quantitative estimate of drug-likeness (QED) is 0.374. The first-order valence-electron chi connectivity index (χ1n) is 9.19. The van der Waals surface area contributed by atoms with E-state index >= 15 is 0 Å². The monoisotopic (exact) mass is 426 g/mol. The van der Waals surface area contributed by atoms with Crippen molar-refractivity contribution in [3.8, 4) is 5.75 Å². The lowest BCUT2D eigenvalue weighted by Gasteiger charge is -2.19. The van der Waals surface area contributed by atoms with Crippen molar-refractivity contribution in [1.82, 2.24) is 4.98 Å². The highest BCUT2D eigenvalue weighted by atomic mass is 35.5. The van der Waals surface area contributed by atoms with Crippen molar-refractivity contribution in [1.29, 1.82) is 0 Å². The zero-order valence-electron chi connectivity index (χ0n) is 16.0. The molecule has 0 bridgehead atoms. The Hall–Kier alpha value is -2.83. The molecular formula is C22H19ClN2O3S. The molecule has 29 heavy (non-hydrogen) atoms. The standard InChI is InChI=1S/C22H19ClN2O3S/c1-3-27-16-9-7-15(8-10-16)21(26)25(13-17-5-4-12-28-17)22-24-19-14(2)6-11-18(23)20(19)29-22/h4-12H,3,13H2,1-2H3. The number of ether oxygens (including phenoxy) is 1. The van der Waals surface area contributed by atoms with E-state index in [2.05, 4.69) is 0 Å². The Bertz CT molecular complexity index is 1100. The topological polar surface area (TPSA) is 55.6 Å². The van der Waals surface area contributed by atoms with Crippen LogP contribution in [0.15, 0.2) is 59.2 Å². The summed E-state index contributed by atoms with van der Waals surface area (Å²) in [7, 11) is 0. The van der Waals surface area contributed by atoms with Crippen LogP contribution in [0.4, 0.5) is 5.13 Å². The molecular weight excluding hydrogens is 408 g/mol. The molecule has 0 radical (unpaired) electrons. The van der Waals surface area contributed by atoms with Gasteiger partial charge in [-0.25, -0.2) is 4.98 Å². The number of rotatable bonds is 6. The Morgan fingerprint density at radius 1 is 1.21 bits per heavy atom. The Labute approximate surface area is 177 Å². The van der Waals surface area contributed by atoms with Gasteiger partial charge in [-0.05, 0) is 61.9 Å². The minimum Gasteiger partial charge on any atom is -0.494 e. The number of aryl methyl sites for hydroxylation is 1. The average Bonchev–Trinajstić information content (AvgIpc) is 3.40. The van der Waals surface area contributed by atoms with Crippen LogP contribution in [0.25, 0.3) is 10.2 Å². The van der Waals surface area contributed by atoms with Gasteiger partial charge >= 0.3 is 0 Å². The summed E-state index contributed by atoms with van der Waals surface area (Å²) in [5, 5.41) is 1.20. The molecule has 0 unspecified atom stereocenters. The van der Waals surface area contributed by atoms with Crippen molar-refractivity contribution in [2.24, 2.45) is 0 Å². The molecule has 2 aromatic heterocycles. The van der Waals surface area contributed by atoms with Crippen LogP contribution in [0, 0.1) is 6.92 Å². The van der Waals surface area contributed by atoms with Crippen LogP contribution in [0.5, 0.6) is 5.75 Å². The number of carbonyl (C=O) groups is 1. The van der Waals surface area contributed by atoms with Gasteiger partial charge in [-0.2, -0.15) is 0 Å². The van der Waals surface area contributed by atoms with Crippen LogP contribution >= 0.6 is 22.9 Å². The summed E-state index contributed by atoms with van der Waals surface area (Å²) in [6.45, 7) is 4.75. The second-order valence-electron chi connectivity index (χ2n) is 6.47. The number of anilines is 1. The number of fused-ring (bicyclic) bond motifs is 1. The van der Waals surface area contributed by atoms with Gasteiger partial charge in [-0.3, -0.25) is 9.69 Å². The van der Waals surface area contributed by atoms with Crippen LogP contribution in [0.1, 0.15) is 28.6 Å². The first-order valence-corrected chi connectivity index (χ1v) is 10.4. The third kappa shape index (κ3) is 3.99. The van der Waals surface area contributed by atoms with Crippen molar-refractivity contribution in [2.45, 2.75) is 20.4 Å². The molecule has 4 aromatic rings. The van der Waals surface area contributed by atoms with E-state index in [1.54, 1.807) is 41.5 Å². The number of thiazole rings is 1. The highest BCUT2D eigenvalue weighted by molar-refractivity contribution is 7.23. The Kier molecular flexibility index (Phi) is 5.56. The zero-order chi connectivity index (χ0) is 20.4. The van der Waals surface area contributed by atoms with E-state index in [9.17, 15) is 4.79 Å². The van der Waals surface area contributed by atoms with Crippen LogP contribution < -0.4 is 9.64 Å². The molecule has 0 fully saturated rings. The molecule has 0 aliphatic heterocycles. The van der Waals surface area contributed by atoms with Crippen LogP contribution in [-0.4, -0.2) is 17.5 Å². The minimum atomic E-state index is -0.169. The Balaban J connectivity index is 1.74. The van der Waals surface area contributed by atoms with Crippen molar-refractivity contribution in [2.75, 3.05) is 11.5 Å². The average molecular weight is 427 g/mol. The summed E-state index contributed by atoms with van der Waals surface area (Å²) in [5.74, 6) is 1.23. The number of halogens is 1. The van der Waals surface area contributed by atoms with Gasteiger partial charge in [0.15, 0.2) is 5.13 Å². The molecule has 4 rings (SSSR count). The molecule has 1 amide bonds.